The highest BCUT2D eigenvalue weighted by atomic mass is 35.5. The third-order valence-corrected chi connectivity index (χ3v) is 5.97. The van der Waals surface area contributed by atoms with Crippen molar-refractivity contribution in [2.45, 2.75) is 18.2 Å². The number of ketones is 1. The van der Waals surface area contributed by atoms with Crippen LogP contribution in [-0.4, -0.2) is 43.2 Å². The van der Waals surface area contributed by atoms with Crippen LogP contribution in [0.2, 0.25) is 5.02 Å². The Labute approximate surface area is 212 Å². The van der Waals surface area contributed by atoms with Crippen molar-refractivity contribution >= 4 is 41.1 Å². The molecule has 5 nitrogen and oxygen atoms in total. The molecular weight excluding hydrogens is 496 g/mol. The molecule has 0 spiro atoms. The lowest BCUT2D eigenvalue weighted by atomic mass is 10.0. The second-order valence-electron chi connectivity index (χ2n) is 7.26. The number of aliphatic hydroxyl groups is 1. The molecule has 2 N–H and O–H groups in total. The zero-order valence-corrected chi connectivity index (χ0v) is 20.9. The quantitative estimate of drug-likeness (QED) is 0.149. The topological polar surface area (TPSA) is 75.6 Å². The van der Waals surface area contributed by atoms with Gasteiger partial charge < -0.3 is 15.2 Å². The summed E-state index contributed by atoms with van der Waals surface area (Å²) in [5.41, 5.74) is 2.29. The molecule has 3 aromatic rings. The Morgan fingerprint density at radius 1 is 1.11 bits per heavy atom. The Balaban J connectivity index is 0.000000269. The molecule has 0 atom stereocenters. The monoisotopic (exact) mass is 521 g/mol. The fourth-order valence-electron chi connectivity index (χ4n) is 3.03. The van der Waals surface area contributed by atoms with Gasteiger partial charge in [0.2, 0.25) is 0 Å². The Bertz CT molecular complexity index is 1140. The van der Waals surface area contributed by atoms with E-state index in [1.165, 1.54) is 34.3 Å². The molecule has 3 rings (SSSR count). The van der Waals surface area contributed by atoms with Crippen LogP contribution in [0, 0.1) is 18.6 Å². The van der Waals surface area contributed by atoms with Crippen molar-refractivity contribution in [1.82, 2.24) is 0 Å². The summed E-state index contributed by atoms with van der Waals surface area (Å²) in [5.74, 6) is -1.29. The number of carbonyl (C=O) groups is 2. The van der Waals surface area contributed by atoms with Crippen molar-refractivity contribution in [3.63, 3.8) is 0 Å². The van der Waals surface area contributed by atoms with Gasteiger partial charge in [-0.15, -0.1) is 11.8 Å². The second kappa shape index (κ2) is 14.5. The number of nitrogens with one attached hydrogen (secondary N) is 1. The molecule has 0 fully saturated rings. The normalized spacial score (nSPS) is 10.2. The highest BCUT2D eigenvalue weighted by molar-refractivity contribution is 7.99. The van der Waals surface area contributed by atoms with Gasteiger partial charge in [-0.05, 0) is 67.4 Å². The molecule has 0 aromatic heterocycles. The Morgan fingerprint density at radius 2 is 1.83 bits per heavy atom. The molecule has 0 saturated carbocycles. The Kier molecular flexibility index (Phi) is 11.7. The van der Waals surface area contributed by atoms with Gasteiger partial charge in [-0.3, -0.25) is 9.59 Å². The van der Waals surface area contributed by atoms with E-state index >= 15 is 0 Å². The van der Waals surface area contributed by atoms with Crippen molar-refractivity contribution in [2.75, 3.05) is 31.3 Å². The predicted molar refractivity (Wildman–Crippen MR) is 136 cm³/mol. The Hall–Kier alpha value is -2.94. The van der Waals surface area contributed by atoms with Gasteiger partial charge in [0, 0.05) is 46.6 Å². The first kappa shape index (κ1) is 28.3. The van der Waals surface area contributed by atoms with E-state index < -0.39 is 17.4 Å². The maximum atomic E-state index is 13.2. The molecule has 0 amide bonds. The molecule has 0 heterocycles. The first-order valence-corrected chi connectivity index (χ1v) is 12.0. The van der Waals surface area contributed by atoms with Crippen molar-refractivity contribution < 1.29 is 28.2 Å². The first-order valence-electron chi connectivity index (χ1n) is 10.7. The summed E-state index contributed by atoms with van der Waals surface area (Å²) in [4.78, 5) is 24.0. The minimum Gasteiger partial charge on any atom is -0.485 e. The molecule has 0 aliphatic rings. The highest BCUT2D eigenvalue weighted by Gasteiger charge is 2.17. The van der Waals surface area contributed by atoms with Gasteiger partial charge in [0.1, 0.15) is 24.0 Å². The van der Waals surface area contributed by atoms with E-state index in [0.29, 0.717) is 12.4 Å². The summed E-state index contributed by atoms with van der Waals surface area (Å²) < 4.78 is 31.5. The van der Waals surface area contributed by atoms with Crippen molar-refractivity contribution in [3.8, 4) is 5.75 Å². The standard InChI is InChI=1S/C15H9ClF2O3.C11H17NOS/c16-10-1-2-14(21-4-3-19)13(7-10)15(20)9-5-11(17)8-12(18)6-9;1-9-8-10(14-7-3-6-13)4-5-11(9)12-2/h1-3,5-8H,4H2;4-5,8,12-13H,3,6-7H2,1-2H3. The molecule has 0 aliphatic carbocycles. The van der Waals surface area contributed by atoms with E-state index in [2.05, 4.69) is 30.4 Å². The minimum atomic E-state index is -0.865. The van der Waals surface area contributed by atoms with Crippen molar-refractivity contribution in [3.05, 3.63) is 87.9 Å². The van der Waals surface area contributed by atoms with Crippen LogP contribution >= 0.6 is 23.4 Å². The zero-order chi connectivity index (χ0) is 25.8. The summed E-state index contributed by atoms with van der Waals surface area (Å²) in [7, 11) is 1.93. The number of hydrogen-bond donors (Lipinski definition) is 2. The third-order valence-electron chi connectivity index (χ3n) is 4.66. The molecule has 9 heteroatoms. The number of carbonyl (C=O) groups excluding carboxylic acids is 2. The van der Waals surface area contributed by atoms with Crippen LogP contribution in [0.3, 0.4) is 0 Å². The summed E-state index contributed by atoms with van der Waals surface area (Å²) in [6.07, 6.45) is 1.38. The minimum absolute atomic E-state index is 0.0225. The van der Waals surface area contributed by atoms with Gasteiger partial charge >= 0.3 is 0 Å². The van der Waals surface area contributed by atoms with E-state index in [9.17, 15) is 18.4 Å². The van der Waals surface area contributed by atoms with Gasteiger partial charge in [-0.1, -0.05) is 11.6 Å². The van der Waals surface area contributed by atoms with Crippen LogP contribution in [0.25, 0.3) is 0 Å². The summed E-state index contributed by atoms with van der Waals surface area (Å²) >= 11 is 7.61. The number of halogens is 3. The smallest absolute Gasteiger partial charge is 0.197 e. The van der Waals surface area contributed by atoms with Gasteiger partial charge in [-0.2, -0.15) is 0 Å². The maximum absolute atomic E-state index is 13.2. The van der Waals surface area contributed by atoms with Crippen LogP contribution in [0.5, 0.6) is 5.75 Å². The SMILES string of the molecule is CNc1ccc(SCCCO)cc1C.O=CCOc1ccc(Cl)cc1C(=O)c1cc(F)cc(F)c1. The lowest BCUT2D eigenvalue weighted by Gasteiger charge is -2.09. The number of anilines is 1. The van der Waals surface area contributed by atoms with Crippen molar-refractivity contribution in [1.29, 1.82) is 0 Å². The molecule has 0 aliphatic heterocycles. The van der Waals surface area contributed by atoms with Crippen LogP contribution < -0.4 is 10.1 Å². The highest BCUT2D eigenvalue weighted by Crippen LogP contribution is 2.26. The van der Waals surface area contributed by atoms with E-state index in [4.69, 9.17) is 21.4 Å². The largest absolute Gasteiger partial charge is 0.485 e. The van der Waals surface area contributed by atoms with Crippen LogP contribution in [0.4, 0.5) is 14.5 Å². The van der Waals surface area contributed by atoms with Gasteiger partial charge in [0.25, 0.3) is 0 Å². The van der Waals surface area contributed by atoms with Gasteiger partial charge in [0.05, 0.1) is 5.56 Å². The number of aldehydes is 1. The molecule has 0 bridgehead atoms. The molecule has 0 unspecified atom stereocenters. The van der Waals surface area contributed by atoms with E-state index in [0.717, 1.165) is 24.3 Å². The maximum Gasteiger partial charge on any atom is 0.197 e. The third kappa shape index (κ3) is 8.98. The number of hydrogen-bond acceptors (Lipinski definition) is 6. The molecule has 186 valence electrons. The fraction of sp³-hybridized carbons (Fsp3) is 0.231. The number of benzene rings is 3. The van der Waals surface area contributed by atoms with Crippen LogP contribution in [-0.2, 0) is 4.79 Å². The first-order chi connectivity index (χ1) is 16.8. The zero-order valence-electron chi connectivity index (χ0n) is 19.3. The van der Waals surface area contributed by atoms with E-state index in [-0.39, 0.29) is 35.1 Å². The molecular formula is C26H26ClF2NO4S. The lowest BCUT2D eigenvalue weighted by Crippen LogP contribution is -2.07. The number of aryl methyl sites for hydroxylation is 1. The molecule has 35 heavy (non-hydrogen) atoms. The van der Waals surface area contributed by atoms with Crippen LogP contribution in [0.15, 0.2) is 59.5 Å². The average molecular weight is 522 g/mol. The number of ether oxygens (including phenoxy) is 1. The molecule has 3 aromatic carbocycles. The Morgan fingerprint density at radius 3 is 2.43 bits per heavy atom. The molecule has 0 radical (unpaired) electrons. The summed E-state index contributed by atoms with van der Waals surface area (Å²) in [6.45, 7) is 2.13. The van der Waals surface area contributed by atoms with Gasteiger partial charge in [0.15, 0.2) is 12.1 Å². The van der Waals surface area contributed by atoms with E-state index in [1.807, 2.05) is 7.05 Å². The van der Waals surface area contributed by atoms with Crippen molar-refractivity contribution in [2.24, 2.45) is 0 Å². The van der Waals surface area contributed by atoms with E-state index in [1.54, 1.807) is 11.8 Å². The number of rotatable bonds is 10. The van der Waals surface area contributed by atoms with Crippen LogP contribution in [0.1, 0.15) is 27.9 Å². The van der Waals surface area contributed by atoms with Gasteiger partial charge in [-0.25, -0.2) is 8.78 Å². The summed E-state index contributed by atoms with van der Waals surface area (Å²) in [5, 5.41) is 12.1. The lowest BCUT2D eigenvalue weighted by molar-refractivity contribution is -0.109. The number of aliphatic hydroxyl groups excluding tert-OH is 1. The summed E-state index contributed by atoms with van der Waals surface area (Å²) in [6, 6.07) is 13.1. The average Bonchev–Trinajstić information content (AvgIpc) is 2.83. The number of thioether (sulfide) groups is 1. The predicted octanol–water partition coefficient (Wildman–Crippen LogP) is 5.94. The fourth-order valence-corrected chi connectivity index (χ4v) is 4.14. The molecule has 0 saturated heterocycles. The second-order valence-corrected chi connectivity index (χ2v) is 8.86.